The summed E-state index contributed by atoms with van der Waals surface area (Å²) < 4.78 is 0. The Kier molecular flexibility index (Phi) is 11.0. The van der Waals surface area contributed by atoms with Gasteiger partial charge in [0.2, 0.25) is 0 Å². The highest BCUT2D eigenvalue weighted by atomic mass is 35.5. The van der Waals surface area contributed by atoms with Crippen LogP contribution in [0.2, 0.25) is 0 Å². The molecule has 2 nitrogen and oxygen atoms in total. The molecule has 2 N–H and O–H groups in total. The molecule has 1 aromatic carbocycles. The van der Waals surface area contributed by atoms with Crippen LogP contribution in [-0.4, -0.2) is 26.2 Å². The van der Waals surface area contributed by atoms with E-state index in [0.29, 0.717) is 0 Å². The molecule has 108 valence electrons. The van der Waals surface area contributed by atoms with Gasteiger partial charge < -0.3 is 10.6 Å². The van der Waals surface area contributed by atoms with Gasteiger partial charge in [-0.25, -0.2) is 0 Å². The molecule has 0 aliphatic carbocycles. The van der Waals surface area contributed by atoms with Crippen LogP contribution in [0.5, 0.6) is 0 Å². The Morgan fingerprint density at radius 3 is 2.47 bits per heavy atom. The van der Waals surface area contributed by atoms with Crippen molar-refractivity contribution in [1.82, 2.24) is 10.6 Å². The standard InChI is InChI=1S/C15H22N2.2ClH/c1-2-5-14(6-3-1)7-4-10-17-13-15-8-11-16-12-9-15;;/h1-7,15-17H,8-13H2;2*1H/b7-4+;;. The highest BCUT2D eigenvalue weighted by Crippen LogP contribution is 2.09. The molecule has 1 aliphatic rings. The Morgan fingerprint density at radius 1 is 1.11 bits per heavy atom. The minimum Gasteiger partial charge on any atom is -0.317 e. The van der Waals surface area contributed by atoms with Crippen LogP contribution in [-0.2, 0) is 0 Å². The Hall–Kier alpha value is -0.540. The van der Waals surface area contributed by atoms with Crippen molar-refractivity contribution in [1.29, 1.82) is 0 Å². The van der Waals surface area contributed by atoms with E-state index in [9.17, 15) is 0 Å². The third kappa shape index (κ3) is 7.58. The van der Waals surface area contributed by atoms with Crippen LogP contribution >= 0.6 is 24.8 Å². The summed E-state index contributed by atoms with van der Waals surface area (Å²) in [5.74, 6) is 0.862. The lowest BCUT2D eigenvalue weighted by atomic mass is 9.98. The Bertz CT molecular complexity index is 335. The average molecular weight is 303 g/mol. The van der Waals surface area contributed by atoms with Crippen molar-refractivity contribution in [3.8, 4) is 0 Å². The smallest absolute Gasteiger partial charge is 0.0138 e. The molecule has 0 spiro atoms. The summed E-state index contributed by atoms with van der Waals surface area (Å²) in [5, 5.41) is 6.91. The minimum absolute atomic E-state index is 0. The molecule has 0 amide bonds. The number of nitrogens with one attached hydrogen (secondary N) is 2. The first-order valence-corrected chi connectivity index (χ1v) is 6.58. The van der Waals surface area contributed by atoms with Crippen molar-refractivity contribution >= 4 is 30.9 Å². The molecule has 0 aromatic heterocycles. The number of benzene rings is 1. The van der Waals surface area contributed by atoms with Gasteiger partial charge in [0.25, 0.3) is 0 Å². The molecule has 1 heterocycles. The molecule has 1 aliphatic heterocycles. The zero-order valence-corrected chi connectivity index (χ0v) is 12.8. The van der Waals surface area contributed by atoms with Crippen LogP contribution in [0.25, 0.3) is 6.08 Å². The zero-order valence-electron chi connectivity index (χ0n) is 11.2. The number of rotatable bonds is 5. The highest BCUT2D eigenvalue weighted by Gasteiger charge is 2.11. The van der Waals surface area contributed by atoms with Gasteiger partial charge in [0.05, 0.1) is 0 Å². The van der Waals surface area contributed by atoms with E-state index >= 15 is 0 Å². The summed E-state index contributed by atoms with van der Waals surface area (Å²) in [6.45, 7) is 4.50. The van der Waals surface area contributed by atoms with E-state index in [0.717, 1.165) is 19.0 Å². The summed E-state index contributed by atoms with van der Waals surface area (Å²) in [6.07, 6.45) is 7.01. The quantitative estimate of drug-likeness (QED) is 0.817. The van der Waals surface area contributed by atoms with Crippen LogP contribution in [0.3, 0.4) is 0 Å². The maximum absolute atomic E-state index is 3.51. The van der Waals surface area contributed by atoms with E-state index in [1.807, 2.05) is 6.07 Å². The van der Waals surface area contributed by atoms with Crippen molar-refractivity contribution in [2.24, 2.45) is 5.92 Å². The Morgan fingerprint density at radius 2 is 1.79 bits per heavy atom. The Balaban J connectivity index is 0.00000162. The second-order valence-electron chi connectivity index (χ2n) is 4.66. The molecule has 0 unspecified atom stereocenters. The molecule has 0 radical (unpaired) electrons. The summed E-state index contributed by atoms with van der Waals surface area (Å²) in [6, 6.07) is 10.4. The molecule has 0 bridgehead atoms. The van der Waals surface area contributed by atoms with Crippen molar-refractivity contribution in [3.63, 3.8) is 0 Å². The summed E-state index contributed by atoms with van der Waals surface area (Å²) >= 11 is 0. The molecule has 2 rings (SSSR count). The zero-order chi connectivity index (χ0) is 11.8. The second kappa shape index (κ2) is 11.3. The maximum atomic E-state index is 3.51. The van der Waals surface area contributed by atoms with Gasteiger partial charge in [-0.1, -0.05) is 42.5 Å². The summed E-state index contributed by atoms with van der Waals surface area (Å²) in [5.41, 5.74) is 1.27. The van der Waals surface area contributed by atoms with E-state index in [2.05, 4.69) is 47.1 Å². The summed E-state index contributed by atoms with van der Waals surface area (Å²) in [4.78, 5) is 0. The fourth-order valence-corrected chi connectivity index (χ4v) is 2.22. The average Bonchev–Trinajstić information content (AvgIpc) is 2.41. The molecule has 1 saturated heterocycles. The third-order valence-corrected chi connectivity index (χ3v) is 3.26. The minimum atomic E-state index is 0. The van der Waals surface area contributed by atoms with E-state index in [1.54, 1.807) is 0 Å². The van der Waals surface area contributed by atoms with Gasteiger partial charge in [0.15, 0.2) is 0 Å². The lowest BCUT2D eigenvalue weighted by molar-refractivity contribution is 0.361. The van der Waals surface area contributed by atoms with Gasteiger partial charge in [-0.3, -0.25) is 0 Å². The Labute approximate surface area is 128 Å². The van der Waals surface area contributed by atoms with E-state index in [4.69, 9.17) is 0 Å². The SMILES string of the molecule is C(=C\c1ccccc1)/CNCC1CCNCC1.Cl.Cl. The number of halogens is 2. The fraction of sp³-hybridized carbons (Fsp3) is 0.467. The fourth-order valence-electron chi connectivity index (χ4n) is 2.22. The lowest BCUT2D eigenvalue weighted by Crippen LogP contribution is -2.33. The maximum Gasteiger partial charge on any atom is 0.0138 e. The predicted octanol–water partition coefficient (Wildman–Crippen LogP) is 3.13. The first-order valence-electron chi connectivity index (χ1n) is 6.58. The largest absolute Gasteiger partial charge is 0.317 e. The van der Waals surface area contributed by atoms with Gasteiger partial charge >= 0.3 is 0 Å². The van der Waals surface area contributed by atoms with Crippen LogP contribution < -0.4 is 10.6 Å². The van der Waals surface area contributed by atoms with Crippen molar-refractivity contribution < 1.29 is 0 Å². The highest BCUT2D eigenvalue weighted by molar-refractivity contribution is 5.85. The van der Waals surface area contributed by atoms with E-state index in [-0.39, 0.29) is 24.8 Å². The third-order valence-electron chi connectivity index (χ3n) is 3.26. The van der Waals surface area contributed by atoms with E-state index < -0.39 is 0 Å². The molecule has 0 atom stereocenters. The summed E-state index contributed by atoms with van der Waals surface area (Å²) in [7, 11) is 0. The molecule has 1 fully saturated rings. The van der Waals surface area contributed by atoms with Crippen LogP contribution in [0.1, 0.15) is 18.4 Å². The predicted molar refractivity (Wildman–Crippen MR) is 88.4 cm³/mol. The number of piperidine rings is 1. The van der Waals surface area contributed by atoms with Crippen LogP contribution in [0.15, 0.2) is 36.4 Å². The number of hydrogen-bond donors (Lipinski definition) is 2. The molecule has 4 heteroatoms. The molecule has 19 heavy (non-hydrogen) atoms. The molecular weight excluding hydrogens is 279 g/mol. The van der Waals surface area contributed by atoms with Gasteiger partial charge in [0.1, 0.15) is 0 Å². The topological polar surface area (TPSA) is 24.1 Å². The molecule has 0 saturated carbocycles. The lowest BCUT2D eigenvalue weighted by Gasteiger charge is -2.22. The van der Waals surface area contributed by atoms with Crippen molar-refractivity contribution in [2.45, 2.75) is 12.8 Å². The van der Waals surface area contributed by atoms with Gasteiger partial charge in [0, 0.05) is 6.54 Å². The molecule has 1 aromatic rings. The first kappa shape index (κ1) is 18.5. The first-order chi connectivity index (χ1) is 8.45. The van der Waals surface area contributed by atoms with E-state index in [1.165, 1.54) is 31.5 Å². The second-order valence-corrected chi connectivity index (χ2v) is 4.66. The van der Waals surface area contributed by atoms with Crippen molar-refractivity contribution in [2.75, 3.05) is 26.2 Å². The normalized spacial score (nSPS) is 15.8. The van der Waals surface area contributed by atoms with Crippen molar-refractivity contribution in [3.05, 3.63) is 42.0 Å². The number of hydrogen-bond acceptors (Lipinski definition) is 2. The monoisotopic (exact) mass is 302 g/mol. The van der Waals surface area contributed by atoms with Crippen LogP contribution in [0, 0.1) is 5.92 Å². The van der Waals surface area contributed by atoms with Crippen LogP contribution in [0.4, 0.5) is 0 Å². The molecular formula is C15H24Cl2N2. The van der Waals surface area contributed by atoms with Gasteiger partial charge in [-0.2, -0.15) is 0 Å². The van der Waals surface area contributed by atoms with Gasteiger partial charge in [-0.15, -0.1) is 24.8 Å². The van der Waals surface area contributed by atoms with Gasteiger partial charge in [-0.05, 0) is 44.0 Å².